The second kappa shape index (κ2) is 6.64. The number of aromatic carboxylic acids is 1. The predicted octanol–water partition coefficient (Wildman–Crippen LogP) is 1.20. The van der Waals surface area contributed by atoms with E-state index in [1.54, 1.807) is 13.0 Å². The molecule has 1 aliphatic carbocycles. The van der Waals surface area contributed by atoms with Crippen molar-refractivity contribution in [2.24, 2.45) is 0 Å². The molecule has 0 radical (unpaired) electrons. The molecule has 2 heterocycles. The molecule has 1 N–H and O–H groups in total. The van der Waals surface area contributed by atoms with Crippen molar-refractivity contribution in [3.05, 3.63) is 34.1 Å². The normalized spacial score (nSPS) is 17.4. The van der Waals surface area contributed by atoms with E-state index in [-0.39, 0.29) is 17.5 Å². The molecule has 1 aromatic heterocycles. The van der Waals surface area contributed by atoms with Crippen molar-refractivity contribution >= 4 is 43.0 Å². The van der Waals surface area contributed by atoms with Crippen molar-refractivity contribution < 1.29 is 14.7 Å². The van der Waals surface area contributed by atoms with Crippen LogP contribution in [0.4, 0.5) is 5.69 Å². The van der Waals surface area contributed by atoms with Crippen LogP contribution < -0.4 is 15.6 Å². The Balaban J connectivity index is 1.80. The Kier molecular flexibility index (Phi) is 4.42. The highest BCUT2D eigenvalue weighted by molar-refractivity contribution is 7.28. The van der Waals surface area contributed by atoms with Crippen LogP contribution in [0.1, 0.15) is 36.2 Å². The standard InChI is InChI=1S/C19H22N3O4P/c1-11(23)20-4-6-21(7-5-20)16-9-15-13(8-17(16)27)18(24)14(19(25)26)10-22(15)12-2-3-12/h8-10,12H,2-7,27H2,1H3,(H,25,26). The number of aromatic nitrogens is 1. The van der Waals surface area contributed by atoms with E-state index in [0.29, 0.717) is 18.5 Å². The van der Waals surface area contributed by atoms with E-state index in [0.717, 1.165) is 42.4 Å². The summed E-state index contributed by atoms with van der Waals surface area (Å²) in [5.41, 5.74) is 1.17. The van der Waals surface area contributed by atoms with Crippen LogP contribution in [0.15, 0.2) is 23.1 Å². The maximum atomic E-state index is 12.7. The molecule has 2 aromatic rings. The maximum absolute atomic E-state index is 12.7. The SMILES string of the molecule is CC(=O)N1CCN(c2cc3c(cc2P)c(=O)c(C(=O)O)cn3C2CC2)CC1. The van der Waals surface area contributed by atoms with Gasteiger partial charge >= 0.3 is 5.97 Å². The van der Waals surface area contributed by atoms with E-state index in [1.165, 1.54) is 6.20 Å². The lowest BCUT2D eigenvalue weighted by molar-refractivity contribution is -0.129. The monoisotopic (exact) mass is 387 g/mol. The number of carbonyl (C=O) groups is 2. The molecule has 4 rings (SSSR count). The van der Waals surface area contributed by atoms with Crippen LogP contribution >= 0.6 is 9.24 Å². The van der Waals surface area contributed by atoms with E-state index in [9.17, 15) is 19.5 Å². The zero-order chi connectivity index (χ0) is 19.3. The summed E-state index contributed by atoms with van der Waals surface area (Å²) in [6, 6.07) is 4.02. The van der Waals surface area contributed by atoms with Gasteiger partial charge in [-0.05, 0) is 30.3 Å². The lowest BCUT2D eigenvalue weighted by atomic mass is 10.1. The molecule has 1 saturated heterocycles. The van der Waals surface area contributed by atoms with Crippen LogP contribution in [0.2, 0.25) is 0 Å². The summed E-state index contributed by atoms with van der Waals surface area (Å²) in [6.45, 7) is 4.39. The molecular formula is C19H22N3O4P. The maximum Gasteiger partial charge on any atom is 0.341 e. The number of rotatable bonds is 3. The highest BCUT2D eigenvalue weighted by atomic mass is 31.0. The van der Waals surface area contributed by atoms with Crippen LogP contribution in [0, 0.1) is 0 Å². The number of benzene rings is 1. The molecule has 0 bridgehead atoms. The van der Waals surface area contributed by atoms with E-state index >= 15 is 0 Å². The average Bonchev–Trinajstić information content (AvgIpc) is 3.47. The average molecular weight is 387 g/mol. The molecule has 142 valence electrons. The van der Waals surface area contributed by atoms with Crippen molar-refractivity contribution in [1.82, 2.24) is 9.47 Å². The van der Waals surface area contributed by atoms with Gasteiger partial charge in [0, 0.05) is 56.4 Å². The van der Waals surface area contributed by atoms with Gasteiger partial charge in [0.15, 0.2) is 0 Å². The van der Waals surface area contributed by atoms with Gasteiger partial charge in [0.25, 0.3) is 0 Å². The molecule has 8 heteroatoms. The quantitative estimate of drug-likeness (QED) is 0.801. The van der Waals surface area contributed by atoms with E-state index in [4.69, 9.17) is 0 Å². The van der Waals surface area contributed by atoms with Crippen LogP contribution in [-0.4, -0.2) is 52.6 Å². The smallest absolute Gasteiger partial charge is 0.341 e. The van der Waals surface area contributed by atoms with Gasteiger partial charge < -0.3 is 19.5 Å². The Bertz CT molecular complexity index is 1000. The first-order valence-corrected chi connectivity index (χ1v) is 9.66. The highest BCUT2D eigenvalue weighted by Crippen LogP contribution is 2.37. The van der Waals surface area contributed by atoms with Crippen LogP contribution in [0.25, 0.3) is 10.9 Å². The summed E-state index contributed by atoms with van der Waals surface area (Å²) in [5, 5.41) is 10.7. The van der Waals surface area contributed by atoms with Gasteiger partial charge in [-0.15, -0.1) is 9.24 Å². The zero-order valence-electron chi connectivity index (χ0n) is 15.1. The third-order valence-corrected chi connectivity index (χ3v) is 5.88. The summed E-state index contributed by atoms with van der Waals surface area (Å²) >= 11 is 0. The Labute approximate surface area is 158 Å². The third kappa shape index (κ3) is 3.21. The zero-order valence-corrected chi connectivity index (χ0v) is 16.3. The number of pyridine rings is 1. The number of carbonyl (C=O) groups excluding carboxylic acids is 1. The van der Waals surface area contributed by atoms with E-state index in [2.05, 4.69) is 14.1 Å². The fraction of sp³-hybridized carbons (Fsp3) is 0.421. The molecule has 1 atom stereocenters. The summed E-state index contributed by atoms with van der Waals surface area (Å²) < 4.78 is 1.94. The van der Waals surface area contributed by atoms with Crippen molar-refractivity contribution in [1.29, 1.82) is 0 Å². The lowest BCUT2D eigenvalue weighted by Gasteiger charge is -2.36. The van der Waals surface area contributed by atoms with Gasteiger partial charge in [-0.3, -0.25) is 9.59 Å². The Morgan fingerprint density at radius 1 is 1.15 bits per heavy atom. The minimum absolute atomic E-state index is 0.0861. The Morgan fingerprint density at radius 3 is 2.37 bits per heavy atom. The number of fused-ring (bicyclic) bond motifs is 1. The van der Waals surface area contributed by atoms with Gasteiger partial charge in [-0.2, -0.15) is 0 Å². The lowest BCUT2D eigenvalue weighted by Crippen LogP contribution is -2.48. The second-order valence-electron chi connectivity index (χ2n) is 7.24. The second-order valence-corrected chi connectivity index (χ2v) is 7.86. The molecule has 1 unspecified atom stereocenters. The molecule has 1 saturated carbocycles. The van der Waals surface area contributed by atoms with Crippen LogP contribution in [0.3, 0.4) is 0 Å². The van der Waals surface area contributed by atoms with E-state index in [1.807, 2.05) is 15.5 Å². The fourth-order valence-electron chi connectivity index (χ4n) is 3.75. The molecule has 2 aliphatic rings. The largest absolute Gasteiger partial charge is 0.477 e. The van der Waals surface area contributed by atoms with Crippen molar-refractivity contribution in [3.8, 4) is 0 Å². The molecule has 1 amide bonds. The van der Waals surface area contributed by atoms with Gasteiger partial charge in [0.1, 0.15) is 5.56 Å². The van der Waals surface area contributed by atoms with Crippen LogP contribution in [-0.2, 0) is 4.79 Å². The number of anilines is 1. The summed E-state index contributed by atoms with van der Waals surface area (Å²) in [6.07, 6.45) is 3.48. The summed E-state index contributed by atoms with van der Waals surface area (Å²) in [7, 11) is 2.66. The molecule has 2 fully saturated rings. The molecule has 27 heavy (non-hydrogen) atoms. The molecule has 1 aliphatic heterocycles. The molecule has 0 spiro atoms. The van der Waals surface area contributed by atoms with Crippen LogP contribution in [0.5, 0.6) is 0 Å². The number of carboxylic acids is 1. The van der Waals surface area contributed by atoms with Gasteiger partial charge in [0.05, 0.1) is 5.52 Å². The molecule has 7 nitrogen and oxygen atoms in total. The van der Waals surface area contributed by atoms with Gasteiger partial charge in [0.2, 0.25) is 11.3 Å². The number of piperazine rings is 1. The van der Waals surface area contributed by atoms with Gasteiger partial charge in [-0.25, -0.2) is 4.79 Å². The first-order valence-electron chi connectivity index (χ1n) is 9.09. The van der Waals surface area contributed by atoms with Crippen molar-refractivity contribution in [2.45, 2.75) is 25.8 Å². The Morgan fingerprint density at radius 2 is 1.81 bits per heavy atom. The summed E-state index contributed by atoms with van der Waals surface area (Å²) in [4.78, 5) is 39.7. The van der Waals surface area contributed by atoms with Crippen molar-refractivity contribution in [3.63, 3.8) is 0 Å². The van der Waals surface area contributed by atoms with E-state index < -0.39 is 11.4 Å². The minimum Gasteiger partial charge on any atom is -0.477 e. The number of hydrogen-bond acceptors (Lipinski definition) is 4. The fourth-order valence-corrected chi connectivity index (χ4v) is 4.18. The molecule has 1 aromatic carbocycles. The number of hydrogen-bond donors (Lipinski definition) is 1. The van der Waals surface area contributed by atoms with Gasteiger partial charge in [-0.1, -0.05) is 0 Å². The number of carboxylic acid groups (broad SMARTS) is 1. The highest BCUT2D eigenvalue weighted by Gasteiger charge is 2.28. The first kappa shape index (κ1) is 18.0. The summed E-state index contributed by atoms with van der Waals surface area (Å²) in [5.74, 6) is -1.10. The number of amides is 1. The number of nitrogens with zero attached hydrogens (tertiary/aromatic N) is 3. The topological polar surface area (TPSA) is 82.8 Å². The molecular weight excluding hydrogens is 365 g/mol. The first-order chi connectivity index (χ1) is 12.9. The predicted molar refractivity (Wildman–Crippen MR) is 107 cm³/mol. The minimum atomic E-state index is -1.19. The third-order valence-electron chi connectivity index (χ3n) is 5.42. The Hall–Kier alpha value is -2.40. The van der Waals surface area contributed by atoms with Crippen molar-refractivity contribution in [2.75, 3.05) is 31.1 Å².